The number of halogens is 4. The number of aliphatic hydroxyl groups is 3. The molecule has 0 bridgehead atoms. The number of Topliss-reactive ketones (excluding diaryl/α,β-unsaturated/α-hetero) is 2. The van der Waals surface area contributed by atoms with Crippen molar-refractivity contribution in [3.8, 4) is 5.75 Å². The molecule has 3 aliphatic carbocycles. The Morgan fingerprint density at radius 1 is 1.24 bits per heavy atom. The van der Waals surface area contributed by atoms with E-state index < -0.39 is 100 Å². The molecule has 1 aromatic rings. The first-order chi connectivity index (χ1) is 17.5. The van der Waals surface area contributed by atoms with Crippen LogP contribution >= 0.6 is 0 Å². The number of benzene rings is 1. The summed E-state index contributed by atoms with van der Waals surface area (Å²) in [6.45, 7) is -2.02. The molecule has 0 fully saturated rings. The average Bonchev–Trinajstić information content (AvgIpc) is 2.78. The monoisotopic (exact) mass is 543 g/mol. The normalized spacial score (nSPS) is 27.4. The highest BCUT2D eigenvalue weighted by atomic mass is 19.4. The van der Waals surface area contributed by atoms with Gasteiger partial charge in [-0.2, -0.15) is 13.2 Å². The lowest BCUT2D eigenvalue weighted by molar-refractivity contribution is -0.148. The number of aromatic hydroxyl groups is 1. The van der Waals surface area contributed by atoms with Crippen molar-refractivity contribution in [2.75, 3.05) is 20.6 Å². The lowest BCUT2D eigenvalue weighted by Crippen LogP contribution is -2.63. The maximum absolute atomic E-state index is 15.4. The number of nitrogens with zero attached hydrogens (tertiary/aromatic N) is 1. The quantitative estimate of drug-likeness (QED) is 0.233. The number of phenolic OH excluding ortho intramolecular Hbond substituents is 1. The highest BCUT2D eigenvalue weighted by Crippen LogP contribution is 2.52. The molecule has 4 rings (SSSR count). The molecule has 14 heteroatoms. The second kappa shape index (κ2) is 9.06. The minimum atomic E-state index is -4.56. The first kappa shape index (κ1) is 27.5. The molecule has 10 nitrogen and oxygen atoms in total. The molecule has 0 saturated carbocycles. The van der Waals surface area contributed by atoms with Crippen LogP contribution in [0.15, 0.2) is 28.7 Å². The zero-order valence-corrected chi connectivity index (χ0v) is 20.2. The summed E-state index contributed by atoms with van der Waals surface area (Å²) in [5.41, 5.74) is -0.196. The van der Waals surface area contributed by atoms with Crippen molar-refractivity contribution < 1.29 is 52.4 Å². The van der Waals surface area contributed by atoms with Gasteiger partial charge in [-0.3, -0.25) is 19.3 Å². The van der Waals surface area contributed by atoms with Crippen LogP contribution in [0.2, 0.25) is 0 Å². The van der Waals surface area contributed by atoms with Crippen molar-refractivity contribution in [1.82, 2.24) is 10.2 Å². The van der Waals surface area contributed by atoms with Crippen LogP contribution in [0.4, 0.5) is 17.6 Å². The molecule has 0 heterocycles. The Bertz CT molecular complexity index is 1320. The Hall–Kier alpha value is -3.49. The maximum Gasteiger partial charge on any atom is 0.401 e. The van der Waals surface area contributed by atoms with Gasteiger partial charge >= 0.3 is 6.18 Å². The number of primary amides is 1. The van der Waals surface area contributed by atoms with E-state index in [9.17, 15) is 48.0 Å². The molecule has 0 radical (unpaired) electrons. The number of alkyl halides is 3. The summed E-state index contributed by atoms with van der Waals surface area (Å²) in [6.07, 6.45) is -5.13. The van der Waals surface area contributed by atoms with Crippen molar-refractivity contribution in [3.63, 3.8) is 0 Å². The first-order valence-corrected chi connectivity index (χ1v) is 11.5. The van der Waals surface area contributed by atoms with Crippen LogP contribution < -0.4 is 11.1 Å². The highest BCUT2D eigenvalue weighted by Gasteiger charge is 2.63. The lowest BCUT2D eigenvalue weighted by Gasteiger charge is -2.50. The van der Waals surface area contributed by atoms with Crippen LogP contribution in [-0.4, -0.2) is 81.3 Å². The summed E-state index contributed by atoms with van der Waals surface area (Å²) in [5.74, 6) is -9.80. The fraction of sp³-hybridized carbons (Fsp3) is 0.458. The van der Waals surface area contributed by atoms with Gasteiger partial charge in [0.1, 0.15) is 28.7 Å². The molecule has 0 saturated heterocycles. The van der Waals surface area contributed by atoms with Gasteiger partial charge in [-0.1, -0.05) is 0 Å². The number of likely N-dealkylation sites (N-methyl/N-ethyl adjacent to an activating group) is 1. The van der Waals surface area contributed by atoms with Crippen LogP contribution in [-0.2, 0) is 22.6 Å². The number of rotatable bonds is 5. The van der Waals surface area contributed by atoms with Crippen LogP contribution in [0.1, 0.15) is 27.9 Å². The number of amides is 1. The predicted octanol–water partition coefficient (Wildman–Crippen LogP) is 0.912. The van der Waals surface area contributed by atoms with Crippen molar-refractivity contribution >= 4 is 17.5 Å². The zero-order chi connectivity index (χ0) is 28.5. The third-order valence-corrected chi connectivity index (χ3v) is 7.37. The Morgan fingerprint density at radius 3 is 2.42 bits per heavy atom. The summed E-state index contributed by atoms with van der Waals surface area (Å²) >= 11 is 0. The average molecular weight is 543 g/mol. The number of hydrogen-bond acceptors (Lipinski definition) is 9. The van der Waals surface area contributed by atoms with Gasteiger partial charge in [0.25, 0.3) is 5.91 Å². The summed E-state index contributed by atoms with van der Waals surface area (Å²) < 4.78 is 52.9. The van der Waals surface area contributed by atoms with Crippen molar-refractivity contribution in [1.29, 1.82) is 0 Å². The second-order valence-electron chi connectivity index (χ2n) is 9.90. The molecule has 0 spiro atoms. The van der Waals surface area contributed by atoms with Gasteiger partial charge in [0.15, 0.2) is 11.4 Å². The predicted molar refractivity (Wildman–Crippen MR) is 121 cm³/mol. The minimum absolute atomic E-state index is 0.248. The topological polar surface area (TPSA) is 173 Å². The zero-order valence-electron chi connectivity index (χ0n) is 20.2. The summed E-state index contributed by atoms with van der Waals surface area (Å²) in [5, 5.41) is 45.9. The van der Waals surface area contributed by atoms with E-state index in [1.165, 1.54) is 19.0 Å². The van der Waals surface area contributed by atoms with Gasteiger partial charge in [0, 0.05) is 29.2 Å². The second-order valence-corrected chi connectivity index (χ2v) is 9.90. The van der Waals surface area contributed by atoms with Crippen LogP contribution in [0.3, 0.4) is 0 Å². The molecule has 1 aromatic carbocycles. The van der Waals surface area contributed by atoms with Crippen molar-refractivity contribution in [3.05, 3.63) is 51.2 Å². The van der Waals surface area contributed by atoms with E-state index in [4.69, 9.17) is 5.73 Å². The standard InChI is InChI=1S/C24H25F4N3O7/c1-31(2)17-11-4-8-3-10-14(12(32)5-9(16(10)25)6-30-7-23(26,27)28)18(33)13(8)20(35)24(11,38)21(36)15(19(17)34)22(29)37/h5,8,11,17,30,32,34-35,38H,3-4,6-7H2,1-2H3,(H2,29,37)/t8-,11-,17-,24-/m0/s1. The number of phenols is 1. The molecular formula is C24H25F4N3O7. The van der Waals surface area contributed by atoms with Crippen molar-refractivity contribution in [2.24, 2.45) is 17.6 Å². The number of fused-ring (bicyclic) bond motifs is 3. The third-order valence-electron chi connectivity index (χ3n) is 7.37. The van der Waals surface area contributed by atoms with Gasteiger partial charge < -0.3 is 31.5 Å². The Labute approximate surface area is 213 Å². The molecule has 0 unspecified atom stereocenters. The van der Waals surface area contributed by atoms with E-state index in [0.29, 0.717) is 0 Å². The van der Waals surface area contributed by atoms with Gasteiger partial charge in [-0.15, -0.1) is 0 Å². The molecule has 4 atom stereocenters. The fourth-order valence-corrected chi connectivity index (χ4v) is 5.82. The van der Waals surface area contributed by atoms with E-state index in [1.807, 2.05) is 5.32 Å². The number of nitrogens with one attached hydrogen (secondary N) is 1. The van der Waals surface area contributed by atoms with E-state index >= 15 is 4.39 Å². The van der Waals surface area contributed by atoms with Gasteiger partial charge in [0.2, 0.25) is 5.78 Å². The molecular weight excluding hydrogens is 518 g/mol. The molecule has 0 aliphatic heterocycles. The third kappa shape index (κ3) is 4.03. The Morgan fingerprint density at radius 2 is 1.87 bits per heavy atom. The van der Waals surface area contributed by atoms with E-state index in [0.717, 1.165) is 6.07 Å². The molecule has 3 aliphatic rings. The largest absolute Gasteiger partial charge is 0.510 e. The van der Waals surface area contributed by atoms with Crippen LogP contribution in [0.25, 0.3) is 0 Å². The number of hydrogen-bond donors (Lipinski definition) is 6. The van der Waals surface area contributed by atoms with E-state index in [-0.39, 0.29) is 24.0 Å². The molecule has 1 amide bonds. The van der Waals surface area contributed by atoms with Crippen molar-refractivity contribution in [2.45, 2.75) is 37.2 Å². The first-order valence-electron chi connectivity index (χ1n) is 11.5. The maximum atomic E-state index is 15.4. The smallest absolute Gasteiger partial charge is 0.401 e. The van der Waals surface area contributed by atoms with E-state index in [1.54, 1.807) is 0 Å². The SMILES string of the molecule is CN(C)[C@@H]1C(O)=C(C(N)=O)C(=O)[C@@]2(O)C(O)=C3C(=O)c4c(O)cc(CNCC(F)(F)F)c(F)c4C[C@H]3C[C@@H]12. The van der Waals surface area contributed by atoms with Crippen LogP contribution in [0.5, 0.6) is 5.75 Å². The fourth-order valence-electron chi connectivity index (χ4n) is 5.82. The summed E-state index contributed by atoms with van der Waals surface area (Å²) in [7, 11) is 2.93. The van der Waals surface area contributed by atoms with E-state index in [2.05, 4.69) is 0 Å². The number of ketones is 2. The number of aliphatic hydroxyl groups excluding tert-OH is 2. The summed E-state index contributed by atoms with van der Waals surface area (Å²) in [6, 6.07) is -0.426. The van der Waals surface area contributed by atoms with Crippen LogP contribution in [0, 0.1) is 17.7 Å². The van der Waals surface area contributed by atoms with Gasteiger partial charge in [-0.05, 0) is 38.9 Å². The molecule has 0 aromatic heterocycles. The summed E-state index contributed by atoms with van der Waals surface area (Å²) in [4.78, 5) is 39.9. The minimum Gasteiger partial charge on any atom is -0.510 e. The highest BCUT2D eigenvalue weighted by molar-refractivity contribution is 6.24. The number of nitrogens with two attached hydrogens (primary N) is 1. The Balaban J connectivity index is 1.83. The Kier molecular flexibility index (Phi) is 6.57. The van der Waals surface area contributed by atoms with Gasteiger partial charge in [0.05, 0.1) is 18.2 Å². The molecule has 38 heavy (non-hydrogen) atoms. The molecule has 7 N–H and O–H groups in total. The molecule has 206 valence electrons. The number of allylic oxidation sites excluding steroid dienone is 1. The van der Waals surface area contributed by atoms with Gasteiger partial charge in [-0.25, -0.2) is 4.39 Å². The number of carbonyl (C=O) groups is 3. The number of carbonyl (C=O) groups excluding carboxylic acids is 3. The lowest BCUT2D eigenvalue weighted by atomic mass is 9.58.